The number of hydrogen-bond acceptors (Lipinski definition) is 3. The average molecular weight is 233 g/mol. The summed E-state index contributed by atoms with van der Waals surface area (Å²) in [7, 11) is -2.90. The lowest BCUT2D eigenvalue weighted by Gasteiger charge is -2.16. The van der Waals surface area contributed by atoms with Crippen LogP contribution in [-0.2, 0) is 9.84 Å². The second-order valence-corrected chi connectivity index (χ2v) is 7.44. The van der Waals surface area contributed by atoms with Crippen LogP contribution in [0.3, 0.4) is 0 Å². The molecule has 1 aliphatic rings. The quantitative estimate of drug-likeness (QED) is 0.677. The van der Waals surface area contributed by atoms with E-state index in [1.807, 2.05) is 13.8 Å². The summed E-state index contributed by atoms with van der Waals surface area (Å²) < 4.78 is 23.6. The Morgan fingerprint density at radius 3 is 2.33 bits per heavy atom. The Morgan fingerprint density at radius 2 is 1.87 bits per heavy atom. The molecule has 0 amide bonds. The van der Waals surface area contributed by atoms with Crippen LogP contribution >= 0.6 is 0 Å². The maximum Gasteiger partial charge on any atom is 0.154 e. The molecule has 0 spiro atoms. The minimum Gasteiger partial charge on any atom is -0.315 e. The van der Waals surface area contributed by atoms with Crippen LogP contribution in [0.4, 0.5) is 0 Å². The van der Waals surface area contributed by atoms with Crippen molar-refractivity contribution in [3.05, 3.63) is 0 Å². The van der Waals surface area contributed by atoms with Gasteiger partial charge in [0, 0.05) is 6.54 Å². The molecule has 3 nitrogen and oxygen atoms in total. The van der Waals surface area contributed by atoms with Crippen LogP contribution in [0.15, 0.2) is 0 Å². The Bertz CT molecular complexity index is 281. The fourth-order valence-corrected chi connectivity index (χ4v) is 3.07. The van der Waals surface area contributed by atoms with Crippen molar-refractivity contribution in [3.8, 4) is 0 Å². The summed E-state index contributed by atoms with van der Waals surface area (Å²) in [5, 5.41) is 3.00. The second-order valence-electron chi connectivity index (χ2n) is 4.96. The van der Waals surface area contributed by atoms with E-state index in [2.05, 4.69) is 5.32 Å². The maximum atomic E-state index is 11.8. The molecule has 0 saturated heterocycles. The van der Waals surface area contributed by atoms with E-state index in [1.54, 1.807) is 6.92 Å². The fraction of sp³-hybridized carbons (Fsp3) is 1.00. The van der Waals surface area contributed by atoms with Gasteiger partial charge in [0.2, 0.25) is 0 Å². The molecule has 0 aromatic carbocycles. The molecule has 0 aromatic rings. The predicted octanol–water partition coefficient (Wildman–Crippen LogP) is 1.45. The molecule has 0 radical (unpaired) electrons. The molecule has 1 atom stereocenters. The van der Waals surface area contributed by atoms with Gasteiger partial charge in [-0.2, -0.15) is 0 Å². The molecule has 4 heteroatoms. The number of sulfone groups is 1. The fourth-order valence-electron chi connectivity index (χ4n) is 1.44. The highest BCUT2D eigenvalue weighted by Gasteiger charge is 2.24. The van der Waals surface area contributed by atoms with E-state index in [-0.39, 0.29) is 16.9 Å². The van der Waals surface area contributed by atoms with Crippen LogP contribution in [0.5, 0.6) is 0 Å². The Morgan fingerprint density at radius 1 is 1.27 bits per heavy atom. The largest absolute Gasteiger partial charge is 0.315 e. The first kappa shape index (κ1) is 13.0. The van der Waals surface area contributed by atoms with Gasteiger partial charge in [-0.3, -0.25) is 0 Å². The highest BCUT2D eigenvalue weighted by Crippen LogP contribution is 2.27. The minimum absolute atomic E-state index is 0.207. The van der Waals surface area contributed by atoms with Crippen molar-refractivity contribution >= 4 is 9.84 Å². The highest BCUT2D eigenvalue weighted by molar-refractivity contribution is 7.92. The molecule has 0 aromatic heterocycles. The summed E-state index contributed by atoms with van der Waals surface area (Å²) in [5.74, 6) is 1.30. The van der Waals surface area contributed by atoms with Gasteiger partial charge in [0.1, 0.15) is 0 Å². The summed E-state index contributed by atoms with van der Waals surface area (Å²) in [5.41, 5.74) is 0. The van der Waals surface area contributed by atoms with E-state index < -0.39 is 9.84 Å². The molecule has 1 rings (SSSR count). The van der Waals surface area contributed by atoms with Crippen molar-refractivity contribution in [1.82, 2.24) is 5.32 Å². The van der Waals surface area contributed by atoms with Gasteiger partial charge in [-0.25, -0.2) is 8.42 Å². The van der Waals surface area contributed by atoms with Crippen LogP contribution in [0.25, 0.3) is 0 Å². The van der Waals surface area contributed by atoms with Crippen molar-refractivity contribution in [1.29, 1.82) is 0 Å². The molecule has 1 saturated carbocycles. The zero-order valence-corrected chi connectivity index (χ0v) is 10.8. The molecular formula is C11H23NO2S. The van der Waals surface area contributed by atoms with E-state index in [9.17, 15) is 8.42 Å². The van der Waals surface area contributed by atoms with E-state index in [1.165, 1.54) is 12.8 Å². The summed E-state index contributed by atoms with van der Waals surface area (Å²) >= 11 is 0. The highest BCUT2D eigenvalue weighted by atomic mass is 32.2. The van der Waals surface area contributed by atoms with Gasteiger partial charge in [0.15, 0.2) is 9.84 Å². The second kappa shape index (κ2) is 5.30. The zero-order valence-electron chi connectivity index (χ0n) is 9.99. The molecule has 0 bridgehead atoms. The first-order valence-corrected chi connectivity index (χ1v) is 7.57. The van der Waals surface area contributed by atoms with Crippen molar-refractivity contribution in [2.75, 3.05) is 18.8 Å². The van der Waals surface area contributed by atoms with E-state index >= 15 is 0 Å². The molecule has 1 N–H and O–H groups in total. The molecule has 1 fully saturated rings. The zero-order chi connectivity index (χ0) is 11.5. The Kier molecular flexibility index (Phi) is 4.59. The molecule has 1 unspecified atom stereocenters. The van der Waals surface area contributed by atoms with Crippen LogP contribution < -0.4 is 5.32 Å². The normalized spacial score (nSPS) is 19.5. The third-order valence-corrected chi connectivity index (χ3v) is 5.65. The van der Waals surface area contributed by atoms with E-state index in [0.29, 0.717) is 6.54 Å². The molecule has 0 heterocycles. The molecule has 90 valence electrons. The minimum atomic E-state index is -2.90. The van der Waals surface area contributed by atoms with Gasteiger partial charge >= 0.3 is 0 Å². The summed E-state index contributed by atoms with van der Waals surface area (Å²) in [6.45, 7) is 7.32. The summed E-state index contributed by atoms with van der Waals surface area (Å²) in [6, 6.07) is 0. The van der Waals surface area contributed by atoms with Gasteiger partial charge in [-0.1, -0.05) is 13.8 Å². The van der Waals surface area contributed by atoms with Crippen molar-refractivity contribution in [2.24, 2.45) is 11.8 Å². The Hall–Kier alpha value is -0.0900. The van der Waals surface area contributed by atoms with Crippen LogP contribution in [0, 0.1) is 11.8 Å². The van der Waals surface area contributed by atoms with Crippen molar-refractivity contribution in [2.45, 2.75) is 38.9 Å². The van der Waals surface area contributed by atoms with Gasteiger partial charge < -0.3 is 5.32 Å². The lowest BCUT2D eigenvalue weighted by atomic mass is 10.2. The molecule has 15 heavy (non-hydrogen) atoms. The van der Waals surface area contributed by atoms with Crippen LogP contribution in [-0.4, -0.2) is 32.5 Å². The van der Waals surface area contributed by atoms with Crippen LogP contribution in [0.2, 0.25) is 0 Å². The predicted molar refractivity (Wildman–Crippen MR) is 63.7 cm³/mol. The van der Waals surface area contributed by atoms with E-state index in [4.69, 9.17) is 0 Å². The number of nitrogens with one attached hydrogen (secondary N) is 1. The van der Waals surface area contributed by atoms with Crippen molar-refractivity contribution in [3.63, 3.8) is 0 Å². The first-order chi connectivity index (χ1) is 6.93. The lowest BCUT2D eigenvalue weighted by molar-refractivity contribution is 0.541. The standard InChI is InChI=1S/C11H23NO2S/c1-9(2)10(3)15(13,14)7-6-12-8-11-4-5-11/h9-12H,4-8H2,1-3H3. The Labute approximate surface area is 93.6 Å². The van der Waals surface area contributed by atoms with Crippen molar-refractivity contribution < 1.29 is 8.42 Å². The Balaban J connectivity index is 2.22. The average Bonchev–Trinajstić information content (AvgIpc) is 2.94. The maximum absolute atomic E-state index is 11.8. The van der Waals surface area contributed by atoms with Gasteiger partial charge in [-0.05, 0) is 38.1 Å². The number of hydrogen-bond donors (Lipinski definition) is 1. The van der Waals surface area contributed by atoms with Gasteiger partial charge in [0.05, 0.1) is 11.0 Å². The third-order valence-electron chi connectivity index (χ3n) is 3.20. The molecule has 1 aliphatic carbocycles. The number of rotatable bonds is 7. The molecule has 0 aliphatic heterocycles. The first-order valence-electron chi connectivity index (χ1n) is 5.85. The summed E-state index contributed by atoms with van der Waals surface area (Å²) in [4.78, 5) is 0. The third kappa shape index (κ3) is 4.51. The SMILES string of the molecule is CC(C)C(C)S(=O)(=O)CCNCC1CC1. The summed E-state index contributed by atoms with van der Waals surface area (Å²) in [6.07, 6.45) is 2.62. The smallest absolute Gasteiger partial charge is 0.154 e. The lowest BCUT2D eigenvalue weighted by Crippen LogP contribution is -2.32. The van der Waals surface area contributed by atoms with Gasteiger partial charge in [-0.15, -0.1) is 0 Å². The van der Waals surface area contributed by atoms with E-state index in [0.717, 1.165) is 12.5 Å². The topological polar surface area (TPSA) is 46.2 Å². The van der Waals surface area contributed by atoms with Crippen LogP contribution in [0.1, 0.15) is 33.6 Å². The van der Waals surface area contributed by atoms with Gasteiger partial charge in [0.25, 0.3) is 0 Å². The monoisotopic (exact) mass is 233 g/mol. The molecular weight excluding hydrogens is 210 g/mol.